The Morgan fingerprint density at radius 1 is 1.33 bits per heavy atom. The number of aliphatic imine (C=N–C) groups is 1. The van der Waals surface area contributed by atoms with Crippen LogP contribution < -0.4 is 10.6 Å². The predicted octanol–water partition coefficient (Wildman–Crippen LogP) is 4.97. The van der Waals surface area contributed by atoms with Crippen LogP contribution in [0.1, 0.15) is 34.9 Å². The normalized spacial score (nSPS) is 16.6. The Balaban J connectivity index is 2.31. The Labute approximate surface area is 168 Å². The molecular weight excluding hydrogens is 378 g/mol. The quantitative estimate of drug-likeness (QED) is 0.789. The molecule has 0 bridgehead atoms. The highest BCUT2D eigenvalue weighted by Gasteiger charge is 2.32. The Morgan fingerprint density at radius 2 is 1.96 bits per heavy atom. The molecule has 1 atom stereocenters. The van der Waals surface area contributed by atoms with E-state index in [2.05, 4.69) is 27.0 Å². The Hall–Kier alpha value is -2.37. The zero-order valence-corrected chi connectivity index (χ0v) is 17.2. The molecule has 2 N–H and O–H groups in total. The van der Waals surface area contributed by atoms with Gasteiger partial charge in [0.15, 0.2) is 0 Å². The predicted molar refractivity (Wildman–Crippen MR) is 115 cm³/mol. The van der Waals surface area contributed by atoms with Crippen molar-refractivity contribution < 1.29 is 4.79 Å². The van der Waals surface area contributed by atoms with Crippen molar-refractivity contribution >= 4 is 39.6 Å². The molecule has 0 saturated carbocycles. The number of anilines is 1. The maximum absolute atomic E-state index is 11.7. The van der Waals surface area contributed by atoms with Crippen molar-refractivity contribution in [2.75, 3.05) is 4.90 Å². The summed E-state index contributed by atoms with van der Waals surface area (Å²) in [5.41, 5.74) is 11.0. The van der Waals surface area contributed by atoms with Crippen LogP contribution in [0.25, 0.3) is 0 Å². The second-order valence-corrected chi connectivity index (χ2v) is 8.34. The number of hydrogen-bond acceptors (Lipinski definition) is 4. The molecule has 0 spiro atoms. The fraction of sp³-hybridized carbons (Fsp3) is 0.238. The first-order valence-electron chi connectivity index (χ1n) is 8.57. The number of thiophene rings is 1. The van der Waals surface area contributed by atoms with Crippen LogP contribution >= 0.6 is 22.9 Å². The van der Waals surface area contributed by atoms with Gasteiger partial charge in [-0.2, -0.15) is 0 Å². The van der Waals surface area contributed by atoms with Crippen molar-refractivity contribution in [2.24, 2.45) is 10.7 Å². The summed E-state index contributed by atoms with van der Waals surface area (Å²) in [4.78, 5) is 19.8. The Bertz CT molecular complexity index is 972. The molecule has 1 amide bonds. The van der Waals surface area contributed by atoms with Gasteiger partial charge in [0.05, 0.1) is 18.2 Å². The molecule has 2 aromatic rings. The third kappa shape index (κ3) is 3.57. The maximum atomic E-state index is 11.7. The number of rotatable bonds is 4. The summed E-state index contributed by atoms with van der Waals surface area (Å²) < 4.78 is 0. The summed E-state index contributed by atoms with van der Waals surface area (Å²) in [7, 11) is 0. The molecule has 0 unspecified atom stereocenters. The lowest BCUT2D eigenvalue weighted by Gasteiger charge is -2.27. The number of nitrogens with two attached hydrogens (primary N) is 1. The van der Waals surface area contributed by atoms with Crippen LogP contribution in [0.3, 0.4) is 0 Å². The van der Waals surface area contributed by atoms with Crippen molar-refractivity contribution in [3.05, 3.63) is 75.4 Å². The van der Waals surface area contributed by atoms with Crippen LogP contribution in [0.2, 0.25) is 5.02 Å². The van der Waals surface area contributed by atoms with Gasteiger partial charge in [0, 0.05) is 32.4 Å². The summed E-state index contributed by atoms with van der Waals surface area (Å²) in [6.07, 6.45) is 0.0900. The highest BCUT2D eigenvalue weighted by atomic mass is 35.5. The molecule has 140 valence electrons. The van der Waals surface area contributed by atoms with Gasteiger partial charge < -0.3 is 10.6 Å². The molecule has 2 heterocycles. The topological polar surface area (TPSA) is 58.7 Å². The van der Waals surface area contributed by atoms with Gasteiger partial charge >= 0.3 is 0 Å². The van der Waals surface area contributed by atoms with Crippen molar-refractivity contribution in [2.45, 2.75) is 33.2 Å². The van der Waals surface area contributed by atoms with Gasteiger partial charge in [-0.15, -0.1) is 11.3 Å². The number of benzene rings is 1. The number of amides is 1. The number of fused-ring (bicyclic) bond motifs is 1. The minimum absolute atomic E-state index is 0.0900. The van der Waals surface area contributed by atoms with Crippen molar-refractivity contribution in [1.29, 1.82) is 0 Å². The third-order valence-electron chi connectivity index (χ3n) is 4.66. The SMILES string of the molecule is C=C(C)N1C(=C)[C@H](CC(N)=O)N=C(c2ccc(Cl)cc2)c2c1sc(C)c2C. The van der Waals surface area contributed by atoms with Crippen LogP contribution in [0, 0.1) is 13.8 Å². The van der Waals surface area contributed by atoms with E-state index in [1.807, 2.05) is 36.1 Å². The summed E-state index contributed by atoms with van der Waals surface area (Å²) in [5.74, 6) is -0.417. The van der Waals surface area contributed by atoms with E-state index in [-0.39, 0.29) is 6.42 Å². The van der Waals surface area contributed by atoms with Crippen molar-refractivity contribution in [1.82, 2.24) is 0 Å². The lowest BCUT2D eigenvalue weighted by atomic mass is 9.99. The van der Waals surface area contributed by atoms with E-state index in [1.54, 1.807) is 11.3 Å². The molecule has 1 aromatic heterocycles. The van der Waals surface area contributed by atoms with E-state index in [4.69, 9.17) is 22.3 Å². The van der Waals surface area contributed by atoms with E-state index in [0.717, 1.165) is 33.1 Å². The second kappa shape index (κ2) is 7.33. The number of nitrogens with zero attached hydrogens (tertiary/aromatic N) is 2. The highest BCUT2D eigenvalue weighted by Crippen LogP contribution is 2.43. The van der Waals surface area contributed by atoms with Crippen LogP contribution in [0.4, 0.5) is 5.00 Å². The van der Waals surface area contributed by atoms with Crippen LogP contribution in [-0.4, -0.2) is 17.7 Å². The van der Waals surface area contributed by atoms with Gasteiger partial charge in [-0.05, 0) is 38.5 Å². The summed E-state index contributed by atoms with van der Waals surface area (Å²) in [6.45, 7) is 14.4. The standard InChI is InChI=1S/C21H22ClN3OS/c1-11(2)25-13(4)17(10-18(23)26)24-20(15-6-8-16(22)9-7-15)19-12(3)14(5)27-21(19)25/h6-9,17H,1,4,10H2,2-3,5H3,(H2,23,26)/t17-/m0/s1. The minimum atomic E-state index is -0.454. The molecule has 0 saturated heterocycles. The lowest BCUT2D eigenvalue weighted by Crippen LogP contribution is -2.29. The number of halogens is 1. The fourth-order valence-electron chi connectivity index (χ4n) is 3.22. The summed E-state index contributed by atoms with van der Waals surface area (Å²) >= 11 is 7.74. The van der Waals surface area contributed by atoms with Crippen molar-refractivity contribution in [3.8, 4) is 0 Å². The van der Waals surface area contributed by atoms with Gasteiger partial charge in [-0.3, -0.25) is 9.79 Å². The first-order valence-corrected chi connectivity index (χ1v) is 9.77. The zero-order valence-electron chi connectivity index (χ0n) is 15.7. The van der Waals surface area contributed by atoms with E-state index in [1.165, 1.54) is 4.88 Å². The average molecular weight is 400 g/mol. The number of aryl methyl sites for hydroxylation is 1. The van der Waals surface area contributed by atoms with Gasteiger partial charge in [0.2, 0.25) is 5.91 Å². The molecule has 4 nitrogen and oxygen atoms in total. The largest absolute Gasteiger partial charge is 0.370 e. The molecule has 0 fully saturated rings. The minimum Gasteiger partial charge on any atom is -0.370 e. The smallest absolute Gasteiger partial charge is 0.219 e. The maximum Gasteiger partial charge on any atom is 0.219 e. The fourth-order valence-corrected chi connectivity index (χ4v) is 4.61. The number of hydrogen-bond donors (Lipinski definition) is 1. The molecule has 1 aromatic carbocycles. The van der Waals surface area contributed by atoms with E-state index in [9.17, 15) is 4.79 Å². The van der Waals surface area contributed by atoms with Gasteiger partial charge in [-0.1, -0.05) is 36.9 Å². The van der Waals surface area contributed by atoms with Crippen LogP contribution in [0.15, 0.2) is 53.8 Å². The van der Waals surface area contributed by atoms with Crippen LogP contribution in [-0.2, 0) is 4.79 Å². The van der Waals surface area contributed by atoms with Crippen LogP contribution in [0.5, 0.6) is 0 Å². The molecule has 0 radical (unpaired) electrons. The third-order valence-corrected chi connectivity index (χ3v) is 6.10. The number of allylic oxidation sites excluding steroid dienone is 1. The van der Waals surface area contributed by atoms with Gasteiger partial charge in [0.1, 0.15) is 5.00 Å². The monoisotopic (exact) mass is 399 g/mol. The molecule has 1 aliphatic heterocycles. The number of carbonyl (C=O) groups excluding carboxylic acids is 1. The molecule has 1 aliphatic rings. The molecule has 0 aliphatic carbocycles. The molecule has 6 heteroatoms. The van der Waals surface area contributed by atoms with Gasteiger partial charge in [-0.25, -0.2) is 0 Å². The zero-order chi connectivity index (χ0) is 19.9. The van der Waals surface area contributed by atoms with E-state index >= 15 is 0 Å². The Kier molecular flexibility index (Phi) is 5.27. The van der Waals surface area contributed by atoms with Gasteiger partial charge in [0.25, 0.3) is 0 Å². The molecule has 3 rings (SSSR count). The highest BCUT2D eigenvalue weighted by molar-refractivity contribution is 7.16. The average Bonchev–Trinajstić information content (AvgIpc) is 2.80. The van der Waals surface area contributed by atoms with E-state index in [0.29, 0.717) is 10.7 Å². The van der Waals surface area contributed by atoms with E-state index < -0.39 is 11.9 Å². The molecule has 27 heavy (non-hydrogen) atoms. The van der Waals surface area contributed by atoms with Crippen molar-refractivity contribution in [3.63, 3.8) is 0 Å². The first-order chi connectivity index (χ1) is 12.7. The Morgan fingerprint density at radius 3 is 2.52 bits per heavy atom. The summed E-state index contributed by atoms with van der Waals surface area (Å²) in [6, 6.07) is 7.11. The molecular formula is C21H22ClN3OS. The summed E-state index contributed by atoms with van der Waals surface area (Å²) in [5, 5.41) is 1.68. The second-order valence-electron chi connectivity index (χ2n) is 6.70. The lowest BCUT2D eigenvalue weighted by molar-refractivity contribution is -0.118. The first kappa shape index (κ1) is 19.4. The number of carbonyl (C=O) groups is 1. The number of primary amides is 1.